The van der Waals surface area contributed by atoms with Gasteiger partial charge in [-0.25, -0.2) is 4.98 Å². The van der Waals surface area contributed by atoms with Crippen LogP contribution in [0.5, 0.6) is 0 Å². The lowest BCUT2D eigenvalue weighted by Gasteiger charge is -2.15. The van der Waals surface area contributed by atoms with E-state index in [1.807, 2.05) is 6.07 Å². The number of hydrogen-bond donors (Lipinski definition) is 0. The van der Waals surface area contributed by atoms with E-state index in [-0.39, 0.29) is 17.4 Å². The molecule has 158 valence electrons. The van der Waals surface area contributed by atoms with Crippen LogP contribution in [-0.2, 0) is 9.53 Å². The van der Waals surface area contributed by atoms with Gasteiger partial charge in [0.05, 0.1) is 0 Å². The van der Waals surface area contributed by atoms with Crippen LogP contribution < -0.4 is 9.63 Å². The monoisotopic (exact) mass is 419 g/mol. The van der Waals surface area contributed by atoms with E-state index in [0.717, 1.165) is 10.9 Å². The van der Waals surface area contributed by atoms with E-state index in [9.17, 15) is 14.8 Å². The average molecular weight is 419 g/mol. The van der Waals surface area contributed by atoms with Gasteiger partial charge in [-0.1, -0.05) is 18.2 Å². The number of ether oxygens (including phenoxy) is 1. The number of aromatic nitrogens is 2. The van der Waals surface area contributed by atoms with Crippen molar-refractivity contribution in [2.45, 2.75) is 26.9 Å². The Hall–Kier alpha value is -3.94. The summed E-state index contributed by atoms with van der Waals surface area (Å²) in [6, 6.07) is 14.0. The van der Waals surface area contributed by atoms with Crippen molar-refractivity contribution in [1.82, 2.24) is 4.98 Å². The summed E-state index contributed by atoms with van der Waals surface area (Å²) in [7, 11) is 1.56. The fraction of sp³-hybridized carbons (Fsp3) is 0.217. The molecule has 0 N–H and O–H groups in total. The number of benzene rings is 2. The number of esters is 1. The van der Waals surface area contributed by atoms with Crippen LogP contribution in [0.3, 0.4) is 0 Å². The van der Waals surface area contributed by atoms with Crippen molar-refractivity contribution >= 4 is 39.8 Å². The van der Waals surface area contributed by atoms with Gasteiger partial charge in [0.1, 0.15) is 17.2 Å². The van der Waals surface area contributed by atoms with E-state index in [0.29, 0.717) is 27.2 Å². The van der Waals surface area contributed by atoms with E-state index < -0.39 is 12.0 Å². The van der Waals surface area contributed by atoms with E-state index in [2.05, 4.69) is 4.98 Å². The van der Waals surface area contributed by atoms with Gasteiger partial charge in [-0.3, -0.25) is 14.5 Å². The molecular weight excluding hydrogens is 398 g/mol. The predicted octanol–water partition coefficient (Wildman–Crippen LogP) is 3.82. The van der Waals surface area contributed by atoms with Crippen molar-refractivity contribution in [2.75, 3.05) is 11.9 Å². The molecule has 0 spiro atoms. The molecule has 4 rings (SSSR count). The van der Waals surface area contributed by atoms with Gasteiger partial charge in [-0.15, -0.1) is 0 Å². The predicted molar refractivity (Wildman–Crippen MR) is 115 cm³/mol. The molecule has 1 atom stereocenters. The fourth-order valence-electron chi connectivity index (χ4n) is 3.45. The Morgan fingerprint density at radius 1 is 1.19 bits per heavy atom. The molecule has 0 bridgehead atoms. The molecule has 4 aromatic rings. The van der Waals surface area contributed by atoms with E-state index in [1.54, 1.807) is 63.4 Å². The highest BCUT2D eigenvalue weighted by molar-refractivity contribution is 6.05. The molecule has 0 aliphatic carbocycles. The highest BCUT2D eigenvalue weighted by Crippen LogP contribution is 2.29. The molecule has 2 heterocycles. The van der Waals surface area contributed by atoms with Crippen LogP contribution in [0.1, 0.15) is 41.7 Å². The third-order valence-corrected chi connectivity index (χ3v) is 5.16. The van der Waals surface area contributed by atoms with Gasteiger partial charge in [0, 0.05) is 38.4 Å². The third-order valence-electron chi connectivity index (χ3n) is 5.16. The van der Waals surface area contributed by atoms with Crippen molar-refractivity contribution in [3.8, 4) is 0 Å². The second-order valence-electron chi connectivity index (χ2n) is 7.33. The van der Waals surface area contributed by atoms with Gasteiger partial charge in [0.2, 0.25) is 17.1 Å². The number of para-hydroxylation sites is 2. The highest BCUT2D eigenvalue weighted by Gasteiger charge is 2.26. The van der Waals surface area contributed by atoms with Gasteiger partial charge < -0.3 is 14.4 Å². The summed E-state index contributed by atoms with van der Waals surface area (Å²) in [4.78, 5) is 30.1. The normalized spacial score (nSPS) is 12.1. The number of furan rings is 1. The van der Waals surface area contributed by atoms with Crippen molar-refractivity contribution in [3.05, 3.63) is 70.7 Å². The van der Waals surface area contributed by atoms with Crippen molar-refractivity contribution < 1.29 is 23.5 Å². The molecule has 0 aliphatic heterocycles. The molecule has 0 saturated carbocycles. The molecule has 1 amide bonds. The lowest BCUT2D eigenvalue weighted by atomic mass is 10.1. The number of hydrogen-bond acceptors (Lipinski definition) is 6. The van der Waals surface area contributed by atoms with Gasteiger partial charge in [-0.05, 0) is 30.7 Å². The summed E-state index contributed by atoms with van der Waals surface area (Å²) in [5, 5.41) is 13.3. The largest absolute Gasteiger partial charge is 0.618 e. The Balaban J connectivity index is 1.68. The van der Waals surface area contributed by atoms with Crippen LogP contribution in [-0.4, -0.2) is 23.9 Å². The van der Waals surface area contributed by atoms with Crippen LogP contribution in [0.2, 0.25) is 0 Å². The molecule has 0 radical (unpaired) electrons. The van der Waals surface area contributed by atoms with E-state index in [4.69, 9.17) is 9.15 Å². The second-order valence-corrected chi connectivity index (χ2v) is 7.33. The first-order chi connectivity index (χ1) is 14.8. The molecule has 2 aromatic heterocycles. The maximum absolute atomic E-state index is 13.1. The number of carbonyl (C=O) groups is 2. The van der Waals surface area contributed by atoms with Crippen LogP contribution in [0.15, 0.2) is 52.9 Å². The molecule has 2 aromatic carbocycles. The molecule has 0 fully saturated rings. The van der Waals surface area contributed by atoms with Crippen molar-refractivity contribution in [3.63, 3.8) is 0 Å². The standard InChI is InChI=1S/C23H21N3O5/c1-13-22(24-18-7-5-6-8-19(18)26(13)29)23(28)25(4)21-12-17-11-16(9-10-20(17)31-21)14(2)30-15(3)27/h5-12,14H,1-4H3. The minimum absolute atomic E-state index is 0.0563. The van der Waals surface area contributed by atoms with Gasteiger partial charge in [-0.2, -0.15) is 4.73 Å². The number of anilines is 1. The molecule has 1 unspecified atom stereocenters. The van der Waals surface area contributed by atoms with Gasteiger partial charge >= 0.3 is 5.97 Å². The summed E-state index contributed by atoms with van der Waals surface area (Å²) in [5.74, 6) is -0.510. The molecule has 8 heteroatoms. The zero-order valence-corrected chi connectivity index (χ0v) is 17.6. The van der Waals surface area contributed by atoms with E-state index in [1.165, 1.54) is 11.8 Å². The Labute approximate surface area is 178 Å². The summed E-state index contributed by atoms with van der Waals surface area (Å²) in [6.45, 7) is 4.71. The first kappa shape index (κ1) is 20.3. The SMILES string of the molecule is CC(=O)OC(C)c1ccc2oc(N(C)C(=O)c3nc4ccccc4[n+]([O-])c3C)cc2c1. The molecule has 0 saturated heterocycles. The maximum Gasteiger partial charge on any atom is 0.303 e. The number of carbonyl (C=O) groups excluding carboxylic acids is 2. The fourth-order valence-corrected chi connectivity index (χ4v) is 3.45. The Kier molecular flexibility index (Phi) is 5.06. The highest BCUT2D eigenvalue weighted by atomic mass is 16.5. The summed E-state index contributed by atoms with van der Waals surface area (Å²) in [5.41, 5.74) is 2.50. The second kappa shape index (κ2) is 7.71. The average Bonchev–Trinajstić information content (AvgIpc) is 3.18. The third kappa shape index (κ3) is 3.68. The first-order valence-corrected chi connectivity index (χ1v) is 9.74. The van der Waals surface area contributed by atoms with Crippen LogP contribution in [0.4, 0.5) is 5.88 Å². The molecular formula is C23H21N3O5. The van der Waals surface area contributed by atoms with E-state index >= 15 is 0 Å². The Morgan fingerprint density at radius 3 is 2.68 bits per heavy atom. The van der Waals surface area contributed by atoms with Crippen molar-refractivity contribution in [1.29, 1.82) is 0 Å². The molecule has 0 aliphatic rings. The minimum Gasteiger partial charge on any atom is -0.618 e. The lowest BCUT2D eigenvalue weighted by molar-refractivity contribution is -0.584. The number of rotatable bonds is 4. The lowest BCUT2D eigenvalue weighted by Crippen LogP contribution is -2.37. The summed E-state index contributed by atoms with van der Waals surface area (Å²) < 4.78 is 11.8. The zero-order valence-electron chi connectivity index (χ0n) is 17.6. The Bertz CT molecular complexity index is 1330. The number of amides is 1. The van der Waals surface area contributed by atoms with Crippen LogP contribution in [0.25, 0.3) is 22.0 Å². The van der Waals surface area contributed by atoms with Crippen molar-refractivity contribution in [2.24, 2.45) is 0 Å². The molecule has 31 heavy (non-hydrogen) atoms. The summed E-state index contributed by atoms with van der Waals surface area (Å²) >= 11 is 0. The maximum atomic E-state index is 13.1. The quantitative estimate of drug-likeness (QED) is 0.283. The van der Waals surface area contributed by atoms with Gasteiger partial charge in [0.15, 0.2) is 5.69 Å². The van der Waals surface area contributed by atoms with Crippen LogP contribution in [0, 0.1) is 12.1 Å². The minimum atomic E-state index is -0.458. The summed E-state index contributed by atoms with van der Waals surface area (Å²) in [6.07, 6.45) is -0.406. The topological polar surface area (TPSA) is 99.6 Å². The Morgan fingerprint density at radius 2 is 1.94 bits per heavy atom. The smallest absolute Gasteiger partial charge is 0.303 e. The van der Waals surface area contributed by atoms with Gasteiger partial charge in [0.25, 0.3) is 5.91 Å². The number of fused-ring (bicyclic) bond motifs is 2. The van der Waals surface area contributed by atoms with Crippen LogP contribution >= 0.6 is 0 Å². The first-order valence-electron chi connectivity index (χ1n) is 9.74. The zero-order chi connectivity index (χ0) is 22.3. The molecule has 8 nitrogen and oxygen atoms in total. The number of nitrogens with zero attached hydrogens (tertiary/aromatic N) is 3.